The second kappa shape index (κ2) is 3.80. The van der Waals surface area contributed by atoms with E-state index in [4.69, 9.17) is 16.1 Å². The van der Waals surface area contributed by atoms with E-state index in [1.807, 2.05) is 0 Å². The maximum absolute atomic E-state index is 12.2. The summed E-state index contributed by atoms with van der Waals surface area (Å²) in [5, 5.41) is 7.71. The van der Waals surface area contributed by atoms with E-state index in [-0.39, 0.29) is 16.7 Å². The summed E-state index contributed by atoms with van der Waals surface area (Å²) in [5.74, 6) is 6.16. The van der Waals surface area contributed by atoms with Crippen LogP contribution in [-0.2, 0) is 0 Å². The second-order valence-corrected chi connectivity index (χ2v) is 3.97. The summed E-state index contributed by atoms with van der Waals surface area (Å²) >= 11 is 0. The maximum atomic E-state index is 12.2. The van der Waals surface area contributed by atoms with Crippen molar-refractivity contribution in [2.75, 3.05) is 13.0 Å². The quantitative estimate of drug-likeness (QED) is 0.465. The number of aromatic amines is 1. The molecular weight excluding hydrogens is 248 g/mol. The molecule has 1 aliphatic heterocycles. The van der Waals surface area contributed by atoms with Gasteiger partial charge in [0.1, 0.15) is 16.4 Å². The van der Waals surface area contributed by atoms with Crippen LogP contribution < -0.4 is 16.0 Å². The Morgan fingerprint density at radius 3 is 2.95 bits per heavy atom. The van der Waals surface area contributed by atoms with Gasteiger partial charge in [0.2, 0.25) is 5.43 Å². The molecule has 8 nitrogen and oxygen atoms in total. The molecule has 4 N–H and O–H groups in total. The zero-order chi connectivity index (χ0) is 13.6. The van der Waals surface area contributed by atoms with Crippen LogP contribution in [-0.4, -0.2) is 22.0 Å². The third-order valence-corrected chi connectivity index (χ3v) is 2.95. The summed E-state index contributed by atoms with van der Waals surface area (Å²) in [7, 11) is 1.54. The zero-order valence-corrected chi connectivity index (χ0v) is 9.97. The highest BCUT2D eigenvalue weighted by atomic mass is 16.5. The highest BCUT2D eigenvalue weighted by Gasteiger charge is 2.11. The van der Waals surface area contributed by atoms with Crippen molar-refractivity contribution in [3.05, 3.63) is 39.1 Å². The standard InChI is InChI=1S/C11H10N6O2/c1-19-5-2-3-6-7(4-5)8-9(10(6)18)16-17(13)11(14-8)15-12/h2-4,12,16H,13H2,1H3. The maximum Gasteiger partial charge on any atom is 0.283 e. The van der Waals surface area contributed by atoms with E-state index < -0.39 is 0 Å². The van der Waals surface area contributed by atoms with Gasteiger partial charge in [0, 0.05) is 10.8 Å². The van der Waals surface area contributed by atoms with Crippen LogP contribution >= 0.6 is 0 Å². The van der Waals surface area contributed by atoms with Crippen molar-refractivity contribution >= 4 is 16.7 Å². The van der Waals surface area contributed by atoms with Gasteiger partial charge in [-0.2, -0.15) is 4.79 Å². The molecule has 0 saturated heterocycles. The summed E-state index contributed by atoms with van der Waals surface area (Å²) < 4.78 is 5.13. The molecule has 0 fully saturated rings. The Balaban J connectivity index is 2.58. The molecule has 19 heavy (non-hydrogen) atoms. The largest absolute Gasteiger partial charge is 0.497 e. The molecule has 1 aliphatic carbocycles. The predicted octanol–water partition coefficient (Wildman–Crippen LogP) is 0.834. The molecule has 0 spiro atoms. The lowest BCUT2D eigenvalue weighted by molar-refractivity contribution is 0.415. The third kappa shape index (κ3) is 1.46. The van der Waals surface area contributed by atoms with Crippen LogP contribution in [0.5, 0.6) is 5.75 Å². The molecule has 8 heteroatoms. The Morgan fingerprint density at radius 1 is 1.47 bits per heavy atom. The summed E-state index contributed by atoms with van der Waals surface area (Å²) in [6.07, 6.45) is 0. The van der Waals surface area contributed by atoms with Gasteiger partial charge in [-0.15, -0.1) is 5.11 Å². The number of methoxy groups -OCH3 is 1. The van der Waals surface area contributed by atoms with Crippen LogP contribution in [0.25, 0.3) is 10.8 Å². The van der Waals surface area contributed by atoms with E-state index in [9.17, 15) is 4.79 Å². The second-order valence-electron chi connectivity index (χ2n) is 3.97. The molecule has 0 aromatic heterocycles. The lowest BCUT2D eigenvalue weighted by Crippen LogP contribution is -2.17. The molecule has 0 bridgehead atoms. The Bertz CT molecular complexity index is 909. The van der Waals surface area contributed by atoms with Gasteiger partial charge in [0.25, 0.3) is 5.95 Å². The molecule has 1 aromatic carbocycles. The average Bonchev–Trinajstić information content (AvgIpc) is 2.70. The van der Waals surface area contributed by atoms with Crippen molar-refractivity contribution in [1.82, 2.24) is 14.9 Å². The van der Waals surface area contributed by atoms with Gasteiger partial charge in [-0.25, -0.2) is 10.5 Å². The minimum Gasteiger partial charge on any atom is -0.497 e. The van der Waals surface area contributed by atoms with Crippen LogP contribution in [0.4, 0.5) is 5.95 Å². The summed E-state index contributed by atoms with van der Waals surface area (Å²) in [6.45, 7) is 0. The first kappa shape index (κ1) is 11.2. The number of benzene rings is 1. The van der Waals surface area contributed by atoms with E-state index in [2.05, 4.69) is 15.2 Å². The minimum atomic E-state index is -0.198. The lowest BCUT2D eigenvalue weighted by atomic mass is 10.2. The number of hydrogen-bond donors (Lipinski definition) is 3. The number of H-pyrrole nitrogens is 1. The van der Waals surface area contributed by atoms with Gasteiger partial charge in [-0.1, -0.05) is 0 Å². The molecule has 0 amide bonds. The molecule has 3 rings (SSSR count). The van der Waals surface area contributed by atoms with E-state index in [0.29, 0.717) is 21.9 Å². The number of nitrogens with two attached hydrogens (primary N) is 1. The lowest BCUT2D eigenvalue weighted by Gasteiger charge is -2.01. The smallest absolute Gasteiger partial charge is 0.283 e. The average molecular weight is 258 g/mol. The van der Waals surface area contributed by atoms with E-state index in [1.165, 1.54) is 0 Å². The fourth-order valence-corrected chi connectivity index (χ4v) is 2.04. The van der Waals surface area contributed by atoms with Gasteiger partial charge in [-0.3, -0.25) is 9.89 Å². The summed E-state index contributed by atoms with van der Waals surface area (Å²) in [5.41, 5.74) is 6.79. The summed E-state index contributed by atoms with van der Waals surface area (Å²) in [6, 6.07) is 5.09. The number of hydrogen-bond acceptors (Lipinski definition) is 6. The highest BCUT2D eigenvalue weighted by Crippen LogP contribution is 2.20. The Labute approximate surface area is 105 Å². The normalized spacial score (nSPS) is 11.0. The van der Waals surface area contributed by atoms with E-state index in [1.54, 1.807) is 25.3 Å². The van der Waals surface area contributed by atoms with Crippen LogP contribution in [0.1, 0.15) is 0 Å². The fraction of sp³-hybridized carbons (Fsp3) is 0.0909. The first-order chi connectivity index (χ1) is 9.15. The SMILES string of the molecule is COc1ccc2c(=O)c3[nH]n(N)c(N=N)nc=3c2c1. The third-order valence-electron chi connectivity index (χ3n) is 2.95. The molecule has 1 heterocycles. The highest BCUT2D eigenvalue weighted by molar-refractivity contribution is 5.85. The molecule has 1 aromatic rings. The van der Waals surface area contributed by atoms with Crippen molar-refractivity contribution in [2.24, 2.45) is 5.11 Å². The Hall–Kier alpha value is -2.90. The van der Waals surface area contributed by atoms with Gasteiger partial charge in [0.15, 0.2) is 0 Å². The molecule has 2 aliphatic rings. The number of nitrogen functional groups attached to an aromatic ring is 1. The van der Waals surface area contributed by atoms with Crippen molar-refractivity contribution in [2.45, 2.75) is 0 Å². The van der Waals surface area contributed by atoms with Crippen molar-refractivity contribution in [3.63, 3.8) is 0 Å². The molecule has 0 radical (unpaired) electrons. The first-order valence-corrected chi connectivity index (χ1v) is 5.40. The minimum absolute atomic E-state index is 0.0257. The molecule has 0 atom stereocenters. The Kier molecular flexibility index (Phi) is 2.24. The predicted molar refractivity (Wildman–Crippen MR) is 67.2 cm³/mol. The van der Waals surface area contributed by atoms with Crippen molar-refractivity contribution in [3.8, 4) is 5.75 Å². The monoisotopic (exact) mass is 258 g/mol. The number of rotatable bonds is 2. The van der Waals surface area contributed by atoms with Crippen molar-refractivity contribution < 1.29 is 4.74 Å². The van der Waals surface area contributed by atoms with Gasteiger partial charge in [0.05, 0.1) is 7.11 Å². The van der Waals surface area contributed by atoms with E-state index >= 15 is 0 Å². The fourth-order valence-electron chi connectivity index (χ4n) is 2.04. The van der Waals surface area contributed by atoms with Gasteiger partial charge < -0.3 is 10.6 Å². The molecule has 0 unspecified atom stereocenters. The van der Waals surface area contributed by atoms with E-state index in [0.717, 1.165) is 4.79 Å². The number of fused-ring (bicyclic) bond motifs is 2. The number of aromatic nitrogens is 3. The number of ether oxygens (including phenoxy) is 1. The molecular formula is C11H10N6O2. The number of nitrogens with zero attached hydrogens (tertiary/aromatic N) is 3. The van der Waals surface area contributed by atoms with Crippen LogP contribution in [0, 0.1) is 16.2 Å². The zero-order valence-electron chi connectivity index (χ0n) is 9.97. The molecule has 0 saturated carbocycles. The van der Waals surface area contributed by atoms with Crippen LogP contribution in [0.3, 0.4) is 0 Å². The topological polar surface area (TPSA) is 122 Å². The number of nitrogens with one attached hydrogen (secondary N) is 2. The van der Waals surface area contributed by atoms with Gasteiger partial charge in [-0.05, 0) is 18.2 Å². The van der Waals surface area contributed by atoms with Gasteiger partial charge >= 0.3 is 0 Å². The first-order valence-electron chi connectivity index (χ1n) is 5.40. The molecule has 96 valence electrons. The van der Waals surface area contributed by atoms with Crippen LogP contribution in [0.2, 0.25) is 0 Å². The summed E-state index contributed by atoms with van der Waals surface area (Å²) in [4.78, 5) is 17.2. The van der Waals surface area contributed by atoms with Crippen LogP contribution in [0.15, 0.2) is 28.1 Å². The van der Waals surface area contributed by atoms with Crippen molar-refractivity contribution in [1.29, 1.82) is 5.53 Å². The Morgan fingerprint density at radius 2 is 2.26 bits per heavy atom.